The molecule has 0 saturated heterocycles. The molecular formula is C32H30N2. The molecule has 2 heterocycles. The molecule has 0 spiro atoms. The van der Waals surface area contributed by atoms with Crippen LogP contribution in [-0.2, 0) is 13.1 Å². The van der Waals surface area contributed by atoms with Gasteiger partial charge >= 0.3 is 0 Å². The third-order valence-electron chi connectivity index (χ3n) is 6.39. The van der Waals surface area contributed by atoms with E-state index in [1.165, 1.54) is 44.3 Å². The Hall–Kier alpha value is -4.04. The highest BCUT2D eigenvalue weighted by atomic mass is 15.0. The molecule has 2 aromatic heterocycles. The molecule has 0 unspecified atom stereocenters. The van der Waals surface area contributed by atoms with Crippen LogP contribution in [0.5, 0.6) is 0 Å². The molecule has 0 radical (unpaired) electrons. The van der Waals surface area contributed by atoms with Gasteiger partial charge in [0.15, 0.2) is 0 Å². The van der Waals surface area contributed by atoms with Crippen LogP contribution in [-0.4, -0.2) is 9.13 Å². The van der Waals surface area contributed by atoms with Crippen LogP contribution >= 0.6 is 0 Å². The molecule has 6 aromatic rings. The van der Waals surface area contributed by atoms with Crippen LogP contribution in [0.15, 0.2) is 121 Å². The zero-order chi connectivity index (χ0) is 23.3. The van der Waals surface area contributed by atoms with Gasteiger partial charge in [-0.25, -0.2) is 0 Å². The third kappa shape index (κ3) is 4.15. The molecule has 0 aliphatic heterocycles. The Morgan fingerprint density at radius 2 is 0.794 bits per heavy atom. The van der Waals surface area contributed by atoms with E-state index in [-0.39, 0.29) is 0 Å². The fourth-order valence-corrected chi connectivity index (χ4v) is 4.80. The molecule has 2 nitrogen and oxygen atoms in total. The maximum atomic E-state index is 2.37. The maximum absolute atomic E-state index is 2.37. The van der Waals surface area contributed by atoms with Crippen molar-refractivity contribution in [3.63, 3.8) is 0 Å². The first-order valence-corrected chi connectivity index (χ1v) is 12.1. The maximum Gasteiger partial charge on any atom is 0.0491 e. The summed E-state index contributed by atoms with van der Waals surface area (Å²) in [5.41, 5.74) is 7.79. The smallest absolute Gasteiger partial charge is 0.0491 e. The number of fused-ring (bicyclic) bond motifs is 2. The van der Waals surface area contributed by atoms with E-state index >= 15 is 0 Å². The number of benzene rings is 4. The van der Waals surface area contributed by atoms with Gasteiger partial charge in [0.2, 0.25) is 0 Å². The normalized spacial score (nSPS) is 10.9. The Bertz CT molecular complexity index is 1390. The van der Waals surface area contributed by atoms with E-state index in [9.17, 15) is 0 Å². The Labute approximate surface area is 201 Å². The standard InChI is InChI=1S/2C16H15N/c2*1-2-17-15-11-7-6-10-14(15)12-16(17)13-8-4-3-5-9-13/h2*3-12H,2H2,1H3. The highest BCUT2D eigenvalue weighted by Crippen LogP contribution is 2.29. The van der Waals surface area contributed by atoms with Crippen LogP contribution in [0.4, 0.5) is 0 Å². The second-order valence-electron chi connectivity index (χ2n) is 8.40. The molecule has 168 valence electrons. The van der Waals surface area contributed by atoms with Gasteiger partial charge in [0.05, 0.1) is 0 Å². The second kappa shape index (κ2) is 9.84. The number of hydrogen-bond acceptors (Lipinski definition) is 0. The van der Waals surface area contributed by atoms with Crippen molar-refractivity contribution in [2.24, 2.45) is 0 Å². The van der Waals surface area contributed by atoms with Crippen molar-refractivity contribution < 1.29 is 0 Å². The number of para-hydroxylation sites is 2. The van der Waals surface area contributed by atoms with E-state index in [1.54, 1.807) is 0 Å². The lowest BCUT2D eigenvalue weighted by atomic mass is 10.1. The SMILES string of the molecule is CCn1c(-c2ccccc2)cc2ccccc21.CCn1c(-c2ccccc2)cc2ccccc21. The molecule has 6 rings (SSSR count). The van der Waals surface area contributed by atoms with Crippen molar-refractivity contribution >= 4 is 21.8 Å². The predicted molar refractivity (Wildman–Crippen MR) is 146 cm³/mol. The van der Waals surface area contributed by atoms with Gasteiger partial charge in [-0.3, -0.25) is 0 Å². The first-order valence-electron chi connectivity index (χ1n) is 12.1. The number of aryl methyl sites for hydroxylation is 2. The zero-order valence-electron chi connectivity index (χ0n) is 19.9. The largest absolute Gasteiger partial charge is 0.341 e. The van der Waals surface area contributed by atoms with Gasteiger partial charge in [0.25, 0.3) is 0 Å². The molecule has 0 aliphatic rings. The van der Waals surface area contributed by atoms with Gasteiger partial charge in [-0.1, -0.05) is 97.1 Å². The highest BCUT2D eigenvalue weighted by molar-refractivity contribution is 5.88. The number of hydrogen-bond donors (Lipinski definition) is 0. The van der Waals surface area contributed by atoms with Gasteiger partial charge in [-0.15, -0.1) is 0 Å². The average Bonchev–Trinajstić information content (AvgIpc) is 3.48. The van der Waals surface area contributed by atoms with Crippen molar-refractivity contribution in [2.45, 2.75) is 26.9 Å². The van der Waals surface area contributed by atoms with E-state index in [1.807, 2.05) is 0 Å². The molecule has 0 amide bonds. The Morgan fingerprint density at radius 1 is 0.441 bits per heavy atom. The highest BCUT2D eigenvalue weighted by Gasteiger charge is 2.09. The summed E-state index contributed by atoms with van der Waals surface area (Å²) in [4.78, 5) is 0. The van der Waals surface area contributed by atoms with Crippen molar-refractivity contribution in [1.29, 1.82) is 0 Å². The lowest BCUT2D eigenvalue weighted by Gasteiger charge is -2.07. The van der Waals surface area contributed by atoms with E-state index < -0.39 is 0 Å². The van der Waals surface area contributed by atoms with E-state index in [2.05, 4.69) is 144 Å². The summed E-state index contributed by atoms with van der Waals surface area (Å²) in [6.45, 7) is 6.38. The minimum atomic E-state index is 0.998. The zero-order valence-corrected chi connectivity index (χ0v) is 19.9. The van der Waals surface area contributed by atoms with Crippen molar-refractivity contribution in [2.75, 3.05) is 0 Å². The number of aromatic nitrogens is 2. The van der Waals surface area contributed by atoms with Crippen LogP contribution in [0, 0.1) is 0 Å². The van der Waals surface area contributed by atoms with Crippen LogP contribution in [0.2, 0.25) is 0 Å². The first-order chi connectivity index (χ1) is 16.8. The van der Waals surface area contributed by atoms with E-state index in [0.717, 1.165) is 13.1 Å². The molecule has 0 fully saturated rings. The summed E-state index contributed by atoms with van der Waals surface area (Å²) in [5.74, 6) is 0. The minimum absolute atomic E-state index is 0.998. The van der Waals surface area contributed by atoms with Gasteiger partial charge in [0, 0.05) is 46.3 Å². The van der Waals surface area contributed by atoms with Gasteiger partial charge in [0.1, 0.15) is 0 Å². The first kappa shape index (κ1) is 21.8. The summed E-state index contributed by atoms with van der Waals surface area (Å²) in [7, 11) is 0. The van der Waals surface area contributed by atoms with E-state index in [0.29, 0.717) is 0 Å². The topological polar surface area (TPSA) is 9.86 Å². The molecule has 0 bridgehead atoms. The second-order valence-corrected chi connectivity index (χ2v) is 8.40. The van der Waals surface area contributed by atoms with Crippen LogP contribution in [0.1, 0.15) is 13.8 Å². The fraction of sp³-hybridized carbons (Fsp3) is 0.125. The minimum Gasteiger partial charge on any atom is -0.341 e. The summed E-state index contributed by atoms with van der Waals surface area (Å²) < 4.78 is 4.73. The number of nitrogens with zero attached hydrogens (tertiary/aromatic N) is 2. The Balaban J connectivity index is 0.000000142. The Morgan fingerprint density at radius 3 is 1.18 bits per heavy atom. The molecule has 0 aliphatic carbocycles. The lowest BCUT2D eigenvalue weighted by molar-refractivity contribution is 0.805. The van der Waals surface area contributed by atoms with Crippen molar-refractivity contribution in [3.8, 4) is 22.5 Å². The molecule has 0 atom stereocenters. The summed E-state index contributed by atoms with van der Waals surface area (Å²) >= 11 is 0. The van der Waals surface area contributed by atoms with Gasteiger partial charge in [-0.2, -0.15) is 0 Å². The lowest BCUT2D eigenvalue weighted by Crippen LogP contribution is -1.95. The molecular weight excluding hydrogens is 412 g/mol. The quantitative estimate of drug-likeness (QED) is 0.258. The van der Waals surface area contributed by atoms with Crippen LogP contribution in [0.25, 0.3) is 44.3 Å². The third-order valence-corrected chi connectivity index (χ3v) is 6.39. The van der Waals surface area contributed by atoms with Crippen molar-refractivity contribution in [3.05, 3.63) is 121 Å². The molecule has 2 heteroatoms. The van der Waals surface area contributed by atoms with Crippen molar-refractivity contribution in [1.82, 2.24) is 9.13 Å². The summed E-state index contributed by atoms with van der Waals surface area (Å²) in [6.07, 6.45) is 0. The van der Waals surface area contributed by atoms with Gasteiger partial charge in [-0.05, 0) is 49.2 Å². The van der Waals surface area contributed by atoms with Crippen LogP contribution < -0.4 is 0 Å². The average molecular weight is 443 g/mol. The number of rotatable bonds is 4. The van der Waals surface area contributed by atoms with Crippen LogP contribution in [0.3, 0.4) is 0 Å². The van der Waals surface area contributed by atoms with Gasteiger partial charge < -0.3 is 9.13 Å². The predicted octanol–water partition coefficient (Wildman–Crippen LogP) is 8.66. The molecule has 4 aromatic carbocycles. The monoisotopic (exact) mass is 442 g/mol. The molecule has 34 heavy (non-hydrogen) atoms. The molecule has 0 saturated carbocycles. The molecule has 0 N–H and O–H groups in total. The fourth-order valence-electron chi connectivity index (χ4n) is 4.80. The van der Waals surface area contributed by atoms with E-state index in [4.69, 9.17) is 0 Å². The summed E-state index contributed by atoms with van der Waals surface area (Å²) in [5, 5.41) is 2.63. The Kier molecular flexibility index (Phi) is 6.31. The summed E-state index contributed by atoms with van der Waals surface area (Å²) in [6, 6.07) is 42.8.